The zero-order chi connectivity index (χ0) is 28.6. The highest BCUT2D eigenvalue weighted by Gasteiger charge is 2.18. The Hall–Kier alpha value is -3.58. The molecule has 4 aromatic rings. The summed E-state index contributed by atoms with van der Waals surface area (Å²) in [5, 5.41) is 12.7. The van der Waals surface area contributed by atoms with Gasteiger partial charge in [0.2, 0.25) is 5.91 Å². The number of fused-ring (bicyclic) bond motifs is 1. The number of unbranched alkanes of at least 4 members (excludes halogenated alkanes) is 1. The second-order valence-corrected chi connectivity index (χ2v) is 10.8. The highest BCUT2D eigenvalue weighted by atomic mass is 32.1. The zero-order valence-electron chi connectivity index (χ0n) is 23.6. The molecule has 0 saturated heterocycles. The van der Waals surface area contributed by atoms with E-state index in [4.69, 9.17) is 4.98 Å². The smallest absolute Gasteiger partial charge is 0.336 e. The first-order valence-electron chi connectivity index (χ1n) is 14.1. The molecule has 40 heavy (non-hydrogen) atoms. The largest absolute Gasteiger partial charge is 0.478 e. The van der Waals surface area contributed by atoms with E-state index in [1.807, 2.05) is 24.3 Å². The minimum Gasteiger partial charge on any atom is -0.478 e. The minimum atomic E-state index is -0.932. The summed E-state index contributed by atoms with van der Waals surface area (Å²) in [7, 11) is 0. The van der Waals surface area contributed by atoms with Crippen molar-refractivity contribution in [3.63, 3.8) is 0 Å². The molecular weight excluding hydrogens is 518 g/mol. The Balaban J connectivity index is 1.61. The standard InChI is InChI=1S/C33H39N3O3S/c1-4-6-10-26(21-40)32(37)34-19-24-17-22(3)31-29(18-24)36(30(35-31)9-5-2)20-23-13-15-25(16-14-23)27-11-7-8-12-28(27)33(38)39/h7-8,11-18,26,40H,4-6,9-10,19-21H2,1-3H3,(H,34,37)(H,38,39). The summed E-state index contributed by atoms with van der Waals surface area (Å²) in [6, 6.07) is 19.4. The van der Waals surface area contributed by atoms with Crippen LogP contribution in [0.5, 0.6) is 0 Å². The lowest BCUT2D eigenvalue weighted by atomic mass is 9.98. The van der Waals surface area contributed by atoms with Crippen molar-refractivity contribution in [3.8, 4) is 11.1 Å². The molecule has 0 aliphatic rings. The number of hydrogen-bond donors (Lipinski definition) is 3. The topological polar surface area (TPSA) is 84.2 Å². The molecule has 6 nitrogen and oxygen atoms in total. The molecule has 4 rings (SSSR count). The van der Waals surface area contributed by atoms with Gasteiger partial charge in [-0.05, 0) is 59.7 Å². The molecule has 1 heterocycles. The first-order valence-corrected chi connectivity index (χ1v) is 14.8. The van der Waals surface area contributed by atoms with E-state index < -0.39 is 5.97 Å². The van der Waals surface area contributed by atoms with Gasteiger partial charge in [0.05, 0.1) is 16.6 Å². The zero-order valence-corrected chi connectivity index (χ0v) is 24.5. The van der Waals surface area contributed by atoms with Crippen molar-refractivity contribution in [2.45, 2.75) is 66.0 Å². The van der Waals surface area contributed by atoms with Crippen molar-refractivity contribution >= 4 is 35.5 Å². The van der Waals surface area contributed by atoms with E-state index in [1.54, 1.807) is 12.1 Å². The number of rotatable bonds is 13. The molecule has 210 valence electrons. The molecule has 3 aromatic carbocycles. The second-order valence-electron chi connectivity index (χ2n) is 10.4. The number of benzene rings is 3. The van der Waals surface area contributed by atoms with Gasteiger partial charge in [0.15, 0.2) is 0 Å². The van der Waals surface area contributed by atoms with Gasteiger partial charge in [-0.2, -0.15) is 12.6 Å². The summed E-state index contributed by atoms with van der Waals surface area (Å²) in [6.45, 7) is 7.49. The number of carboxylic acids is 1. The minimum absolute atomic E-state index is 0.0611. The monoisotopic (exact) mass is 557 g/mol. The summed E-state index contributed by atoms with van der Waals surface area (Å²) in [5.41, 5.74) is 7.18. The number of aryl methyl sites for hydroxylation is 2. The van der Waals surface area contributed by atoms with Crippen LogP contribution in [-0.4, -0.2) is 32.3 Å². The Morgan fingerprint density at radius 1 is 1.02 bits per heavy atom. The molecule has 0 radical (unpaired) electrons. The maximum Gasteiger partial charge on any atom is 0.336 e. The summed E-state index contributed by atoms with van der Waals surface area (Å²) in [6.07, 6.45) is 4.80. The van der Waals surface area contributed by atoms with E-state index in [0.29, 0.717) is 30.0 Å². The number of aromatic nitrogens is 2. The van der Waals surface area contributed by atoms with Crippen LogP contribution in [0.4, 0.5) is 0 Å². The van der Waals surface area contributed by atoms with Crippen LogP contribution in [-0.2, 0) is 24.3 Å². The fourth-order valence-electron chi connectivity index (χ4n) is 5.19. The highest BCUT2D eigenvalue weighted by molar-refractivity contribution is 7.80. The van der Waals surface area contributed by atoms with E-state index in [9.17, 15) is 14.7 Å². The van der Waals surface area contributed by atoms with Crippen molar-refractivity contribution in [2.75, 3.05) is 5.75 Å². The molecule has 0 aliphatic carbocycles. The summed E-state index contributed by atoms with van der Waals surface area (Å²) in [5.74, 6) is 0.652. The molecule has 1 aromatic heterocycles. The van der Waals surface area contributed by atoms with Gasteiger partial charge in [-0.3, -0.25) is 4.79 Å². The average Bonchev–Trinajstić information content (AvgIpc) is 3.30. The lowest BCUT2D eigenvalue weighted by molar-refractivity contribution is -0.124. The van der Waals surface area contributed by atoms with Gasteiger partial charge in [-0.25, -0.2) is 9.78 Å². The van der Waals surface area contributed by atoms with Crippen LogP contribution >= 0.6 is 12.6 Å². The number of amides is 1. The lowest BCUT2D eigenvalue weighted by Gasteiger charge is -2.15. The summed E-state index contributed by atoms with van der Waals surface area (Å²) in [4.78, 5) is 29.5. The third-order valence-corrected chi connectivity index (χ3v) is 7.82. The number of thiol groups is 1. The Morgan fingerprint density at radius 2 is 1.77 bits per heavy atom. The third kappa shape index (κ3) is 6.76. The summed E-state index contributed by atoms with van der Waals surface area (Å²) >= 11 is 4.40. The molecule has 7 heteroatoms. The van der Waals surface area contributed by atoms with E-state index >= 15 is 0 Å². The van der Waals surface area contributed by atoms with Crippen LogP contribution in [0.25, 0.3) is 22.2 Å². The number of carboxylic acid groups (broad SMARTS) is 1. The molecule has 0 saturated carbocycles. The first-order chi connectivity index (χ1) is 19.4. The fraction of sp³-hybridized carbons (Fsp3) is 0.364. The maximum atomic E-state index is 12.8. The number of imidazole rings is 1. The molecule has 0 bridgehead atoms. The van der Waals surface area contributed by atoms with Gasteiger partial charge < -0.3 is 15.0 Å². The molecule has 1 unspecified atom stereocenters. The van der Waals surface area contributed by atoms with Crippen molar-refractivity contribution in [2.24, 2.45) is 5.92 Å². The highest BCUT2D eigenvalue weighted by Crippen LogP contribution is 2.27. The van der Waals surface area contributed by atoms with E-state index in [-0.39, 0.29) is 11.8 Å². The maximum absolute atomic E-state index is 12.8. The van der Waals surface area contributed by atoms with E-state index in [1.165, 1.54) is 0 Å². The average molecular weight is 558 g/mol. The van der Waals surface area contributed by atoms with Gasteiger partial charge >= 0.3 is 5.97 Å². The first kappa shape index (κ1) is 29.4. The predicted molar refractivity (Wildman–Crippen MR) is 165 cm³/mol. The molecule has 0 fully saturated rings. The van der Waals surface area contributed by atoms with Crippen LogP contribution < -0.4 is 5.32 Å². The molecule has 0 spiro atoms. The van der Waals surface area contributed by atoms with Gasteiger partial charge in [0.25, 0.3) is 0 Å². The second kappa shape index (κ2) is 13.7. The number of nitrogens with one attached hydrogen (secondary N) is 1. The summed E-state index contributed by atoms with van der Waals surface area (Å²) < 4.78 is 2.27. The van der Waals surface area contributed by atoms with Crippen molar-refractivity contribution in [1.29, 1.82) is 0 Å². The number of hydrogen-bond acceptors (Lipinski definition) is 4. The SMILES string of the molecule is CCCCC(CS)C(=O)NCc1cc(C)c2nc(CCC)n(Cc3ccc(-c4ccccc4C(=O)O)cc3)c2c1. The van der Waals surface area contributed by atoms with Crippen molar-refractivity contribution < 1.29 is 14.7 Å². The quantitative estimate of drug-likeness (QED) is 0.154. The number of nitrogens with zero attached hydrogens (tertiary/aromatic N) is 2. The number of aromatic carboxylic acids is 1. The Labute approximate surface area is 242 Å². The molecule has 2 N–H and O–H groups in total. The fourth-order valence-corrected chi connectivity index (χ4v) is 5.54. The Kier molecular flexibility index (Phi) is 10.0. The van der Waals surface area contributed by atoms with Crippen molar-refractivity contribution in [3.05, 3.63) is 88.7 Å². The van der Waals surface area contributed by atoms with Gasteiger partial charge in [-0.15, -0.1) is 0 Å². The third-order valence-electron chi connectivity index (χ3n) is 7.38. The van der Waals surface area contributed by atoms with E-state index in [0.717, 1.165) is 71.2 Å². The van der Waals surface area contributed by atoms with Crippen LogP contribution in [0.1, 0.15) is 72.4 Å². The van der Waals surface area contributed by atoms with E-state index in [2.05, 4.69) is 67.5 Å². The van der Waals surface area contributed by atoms with Crippen LogP contribution in [0.15, 0.2) is 60.7 Å². The van der Waals surface area contributed by atoms with Crippen LogP contribution in [0.3, 0.4) is 0 Å². The van der Waals surface area contributed by atoms with Crippen LogP contribution in [0.2, 0.25) is 0 Å². The Morgan fingerprint density at radius 3 is 2.45 bits per heavy atom. The molecular formula is C33H39N3O3S. The normalized spacial score (nSPS) is 12.0. The lowest BCUT2D eigenvalue weighted by Crippen LogP contribution is -2.31. The molecule has 1 atom stereocenters. The number of carbonyl (C=O) groups is 2. The van der Waals surface area contributed by atoms with Crippen LogP contribution in [0, 0.1) is 12.8 Å². The van der Waals surface area contributed by atoms with Gasteiger partial charge in [-0.1, -0.05) is 75.2 Å². The number of carbonyl (C=O) groups excluding carboxylic acids is 1. The van der Waals surface area contributed by atoms with Gasteiger partial charge in [0, 0.05) is 31.2 Å². The Bertz CT molecular complexity index is 1480. The predicted octanol–water partition coefficient (Wildman–Crippen LogP) is 7.06. The molecule has 0 aliphatic heterocycles. The van der Waals surface area contributed by atoms with Crippen molar-refractivity contribution in [1.82, 2.24) is 14.9 Å². The van der Waals surface area contributed by atoms with Gasteiger partial charge in [0.1, 0.15) is 5.82 Å². The molecule has 1 amide bonds.